The summed E-state index contributed by atoms with van der Waals surface area (Å²) in [6, 6.07) is 6.09. The van der Waals surface area contributed by atoms with Crippen molar-refractivity contribution in [2.75, 3.05) is 18.1 Å². The van der Waals surface area contributed by atoms with Gasteiger partial charge in [-0.05, 0) is 43.1 Å². The predicted octanol–water partition coefficient (Wildman–Crippen LogP) is 1.29. The van der Waals surface area contributed by atoms with Crippen LogP contribution in [0.25, 0.3) is 0 Å². The van der Waals surface area contributed by atoms with Crippen molar-refractivity contribution in [1.82, 2.24) is 5.32 Å². The lowest BCUT2D eigenvalue weighted by molar-refractivity contribution is 0.117. The molecule has 2 heterocycles. The van der Waals surface area contributed by atoms with E-state index in [9.17, 15) is 8.42 Å². The minimum absolute atomic E-state index is 0.120. The van der Waals surface area contributed by atoms with Gasteiger partial charge in [-0.15, -0.1) is 0 Å². The van der Waals surface area contributed by atoms with E-state index in [-0.39, 0.29) is 11.5 Å². The molecule has 19 heavy (non-hydrogen) atoms. The first-order valence-electron chi connectivity index (χ1n) is 6.68. The molecule has 1 N–H and O–H groups in total. The van der Waals surface area contributed by atoms with Crippen LogP contribution < -0.4 is 10.1 Å². The molecule has 2 aliphatic rings. The second-order valence-corrected chi connectivity index (χ2v) is 7.94. The first-order chi connectivity index (χ1) is 8.96. The molecule has 104 valence electrons. The molecule has 0 aliphatic carbocycles. The maximum Gasteiger partial charge on any atom is 0.154 e. The number of ether oxygens (including phenoxy) is 1. The lowest BCUT2D eigenvalue weighted by Gasteiger charge is -2.26. The highest BCUT2D eigenvalue weighted by atomic mass is 32.2. The highest BCUT2D eigenvalue weighted by Crippen LogP contribution is 2.30. The minimum atomic E-state index is -2.93. The van der Waals surface area contributed by atoms with Crippen LogP contribution in [0.5, 0.6) is 5.75 Å². The molecule has 1 atom stereocenters. The van der Waals surface area contributed by atoms with Crippen molar-refractivity contribution in [3.63, 3.8) is 0 Å². The maximum absolute atomic E-state index is 11.6. The normalized spacial score (nSPS) is 28.9. The summed E-state index contributed by atoms with van der Waals surface area (Å²) in [4.78, 5) is 0. The molecule has 0 amide bonds. The number of nitrogens with one attached hydrogen (secondary N) is 1. The molecule has 2 aliphatic heterocycles. The van der Waals surface area contributed by atoms with E-state index in [2.05, 4.69) is 11.4 Å². The van der Waals surface area contributed by atoms with Crippen molar-refractivity contribution >= 4 is 9.84 Å². The van der Waals surface area contributed by atoms with Crippen LogP contribution in [0.1, 0.15) is 24.5 Å². The summed E-state index contributed by atoms with van der Waals surface area (Å²) in [6.45, 7) is 3.76. The second-order valence-electron chi connectivity index (χ2n) is 5.75. The van der Waals surface area contributed by atoms with Crippen molar-refractivity contribution in [3.05, 3.63) is 29.3 Å². The van der Waals surface area contributed by atoms with Crippen molar-refractivity contribution in [2.45, 2.75) is 31.9 Å². The van der Waals surface area contributed by atoms with Gasteiger partial charge < -0.3 is 10.1 Å². The topological polar surface area (TPSA) is 55.4 Å². The highest BCUT2D eigenvalue weighted by molar-refractivity contribution is 7.91. The fraction of sp³-hybridized carbons (Fsp3) is 0.571. The van der Waals surface area contributed by atoms with Gasteiger partial charge in [-0.3, -0.25) is 0 Å². The van der Waals surface area contributed by atoms with E-state index >= 15 is 0 Å². The van der Waals surface area contributed by atoms with E-state index in [1.165, 1.54) is 11.1 Å². The van der Waals surface area contributed by atoms with E-state index in [0.29, 0.717) is 6.42 Å². The summed E-state index contributed by atoms with van der Waals surface area (Å²) in [5.41, 5.74) is 2.04. The van der Waals surface area contributed by atoms with E-state index < -0.39 is 15.4 Å². The average molecular weight is 281 g/mol. The Bertz CT molecular complexity index is 597. The quantitative estimate of drug-likeness (QED) is 0.887. The summed E-state index contributed by atoms with van der Waals surface area (Å²) >= 11 is 0. The smallest absolute Gasteiger partial charge is 0.154 e. The Morgan fingerprint density at radius 1 is 1.32 bits per heavy atom. The van der Waals surface area contributed by atoms with Gasteiger partial charge >= 0.3 is 0 Å². The molecule has 4 nitrogen and oxygen atoms in total. The fourth-order valence-corrected chi connectivity index (χ4v) is 4.89. The van der Waals surface area contributed by atoms with E-state index in [4.69, 9.17) is 4.74 Å². The van der Waals surface area contributed by atoms with Gasteiger partial charge in [0.2, 0.25) is 0 Å². The maximum atomic E-state index is 11.6. The van der Waals surface area contributed by atoms with Crippen molar-refractivity contribution in [3.8, 4) is 5.75 Å². The van der Waals surface area contributed by atoms with Gasteiger partial charge in [-0.25, -0.2) is 8.42 Å². The number of sulfone groups is 1. The van der Waals surface area contributed by atoms with Gasteiger partial charge in [0.05, 0.1) is 11.5 Å². The molecule has 0 spiro atoms. The molecule has 1 aromatic carbocycles. The predicted molar refractivity (Wildman–Crippen MR) is 74.2 cm³/mol. The zero-order chi connectivity index (χ0) is 13.5. The minimum Gasteiger partial charge on any atom is -0.486 e. The molecule has 0 aromatic heterocycles. The zero-order valence-corrected chi connectivity index (χ0v) is 11.9. The molecule has 0 radical (unpaired) electrons. The van der Waals surface area contributed by atoms with Gasteiger partial charge in [0.1, 0.15) is 11.4 Å². The average Bonchev–Trinajstić information content (AvgIpc) is 2.63. The van der Waals surface area contributed by atoms with Crippen LogP contribution in [0.2, 0.25) is 0 Å². The van der Waals surface area contributed by atoms with Gasteiger partial charge in [-0.2, -0.15) is 0 Å². The third-order valence-electron chi connectivity index (χ3n) is 3.90. The SMILES string of the molecule is CC1(Oc2ccc3c(c2)CNCC3)CCS(=O)(=O)C1. The molecule has 1 saturated heterocycles. The summed E-state index contributed by atoms with van der Waals surface area (Å²) in [5, 5.41) is 3.33. The van der Waals surface area contributed by atoms with Gasteiger partial charge in [0, 0.05) is 13.0 Å². The Kier molecular flexibility index (Phi) is 3.06. The largest absolute Gasteiger partial charge is 0.486 e. The van der Waals surface area contributed by atoms with Crippen LogP contribution in [0.15, 0.2) is 18.2 Å². The van der Waals surface area contributed by atoms with Gasteiger partial charge in [0.15, 0.2) is 9.84 Å². The Balaban J connectivity index is 1.80. The van der Waals surface area contributed by atoms with Crippen molar-refractivity contribution in [2.24, 2.45) is 0 Å². The summed E-state index contributed by atoms with van der Waals surface area (Å²) in [7, 11) is -2.93. The molecule has 1 aromatic rings. The van der Waals surface area contributed by atoms with Gasteiger partial charge in [-0.1, -0.05) is 6.07 Å². The number of fused-ring (bicyclic) bond motifs is 1. The standard InChI is InChI=1S/C14H19NO3S/c1-14(5-7-19(16,17)10-14)18-13-3-2-11-4-6-15-9-12(11)8-13/h2-3,8,15H,4-7,9-10H2,1H3. The summed E-state index contributed by atoms with van der Waals surface area (Å²) in [6.07, 6.45) is 1.62. The van der Waals surface area contributed by atoms with Crippen LogP contribution in [0, 0.1) is 0 Å². The van der Waals surface area contributed by atoms with Crippen molar-refractivity contribution in [1.29, 1.82) is 0 Å². The number of benzene rings is 1. The lowest BCUT2D eigenvalue weighted by Crippen LogP contribution is -2.33. The molecule has 0 saturated carbocycles. The molecule has 1 unspecified atom stereocenters. The third kappa shape index (κ3) is 2.77. The number of hydrogen-bond acceptors (Lipinski definition) is 4. The second kappa shape index (κ2) is 4.49. The van der Waals surface area contributed by atoms with E-state index in [0.717, 1.165) is 25.3 Å². The molecule has 0 bridgehead atoms. The monoisotopic (exact) mass is 281 g/mol. The first-order valence-corrected chi connectivity index (χ1v) is 8.50. The highest BCUT2D eigenvalue weighted by Gasteiger charge is 2.40. The molecule has 1 fully saturated rings. The van der Waals surface area contributed by atoms with Gasteiger partial charge in [0.25, 0.3) is 0 Å². The van der Waals surface area contributed by atoms with E-state index in [1.54, 1.807) is 0 Å². The molecular weight excluding hydrogens is 262 g/mol. The number of hydrogen-bond donors (Lipinski definition) is 1. The van der Waals surface area contributed by atoms with Crippen LogP contribution >= 0.6 is 0 Å². The molecule has 3 rings (SSSR count). The fourth-order valence-electron chi connectivity index (χ4n) is 2.87. The zero-order valence-electron chi connectivity index (χ0n) is 11.1. The first kappa shape index (κ1) is 12.9. The van der Waals surface area contributed by atoms with E-state index in [1.807, 2.05) is 19.1 Å². The van der Waals surface area contributed by atoms with Crippen LogP contribution in [0.3, 0.4) is 0 Å². The van der Waals surface area contributed by atoms with Crippen LogP contribution in [-0.4, -0.2) is 32.1 Å². The Morgan fingerprint density at radius 2 is 2.16 bits per heavy atom. The molecular formula is C14H19NO3S. The Hall–Kier alpha value is -1.07. The summed E-state index contributed by atoms with van der Waals surface area (Å²) < 4.78 is 29.1. The Labute approximate surface area is 114 Å². The molecule has 5 heteroatoms. The Morgan fingerprint density at radius 3 is 2.89 bits per heavy atom. The van der Waals surface area contributed by atoms with Crippen LogP contribution in [-0.2, 0) is 22.8 Å². The summed E-state index contributed by atoms with van der Waals surface area (Å²) in [5.74, 6) is 1.13. The lowest BCUT2D eigenvalue weighted by atomic mass is 10.0. The number of rotatable bonds is 2. The van der Waals surface area contributed by atoms with Crippen molar-refractivity contribution < 1.29 is 13.2 Å². The van der Waals surface area contributed by atoms with Crippen LogP contribution in [0.4, 0.5) is 0 Å². The third-order valence-corrected chi connectivity index (χ3v) is 5.77.